The maximum absolute atomic E-state index is 11.8. The van der Waals surface area contributed by atoms with Gasteiger partial charge in [0.2, 0.25) is 0 Å². The number of nitrogens with zero attached hydrogens (tertiary/aromatic N) is 1. The van der Waals surface area contributed by atoms with Gasteiger partial charge in [-0.2, -0.15) is 0 Å². The van der Waals surface area contributed by atoms with Crippen LogP contribution in [0.2, 0.25) is 10.0 Å². The van der Waals surface area contributed by atoms with Crippen LogP contribution in [0.3, 0.4) is 0 Å². The molecule has 1 fully saturated rings. The normalized spacial score (nSPS) is 17.0. The third kappa shape index (κ3) is 5.65. The third-order valence-electron chi connectivity index (χ3n) is 3.19. The molecule has 7 heteroatoms. The van der Waals surface area contributed by atoms with Crippen LogP contribution in [0, 0.1) is 0 Å². The van der Waals surface area contributed by atoms with Crippen molar-refractivity contribution in [2.75, 3.05) is 39.5 Å². The summed E-state index contributed by atoms with van der Waals surface area (Å²) in [6, 6.07) is 4.83. The van der Waals surface area contributed by atoms with Crippen molar-refractivity contribution >= 4 is 29.2 Å². The predicted octanol–water partition coefficient (Wildman–Crippen LogP) is 2.64. The summed E-state index contributed by atoms with van der Waals surface area (Å²) < 4.78 is 15.9. The molecule has 0 N–H and O–H groups in total. The predicted molar refractivity (Wildman–Crippen MR) is 84.8 cm³/mol. The molecular weight excluding hydrogens is 329 g/mol. The second-order valence-electron chi connectivity index (χ2n) is 5.08. The van der Waals surface area contributed by atoms with Crippen molar-refractivity contribution in [3.05, 3.63) is 28.2 Å². The summed E-state index contributed by atoms with van der Waals surface area (Å²) in [6.45, 7) is 5.53. The molecule has 0 aromatic heterocycles. The van der Waals surface area contributed by atoms with Crippen LogP contribution in [0.4, 0.5) is 0 Å². The van der Waals surface area contributed by atoms with Gasteiger partial charge in [0, 0.05) is 24.7 Å². The fourth-order valence-corrected chi connectivity index (χ4v) is 2.64. The van der Waals surface area contributed by atoms with E-state index >= 15 is 0 Å². The lowest BCUT2D eigenvalue weighted by Gasteiger charge is -2.28. The topological polar surface area (TPSA) is 48.0 Å². The minimum absolute atomic E-state index is 0.186. The smallest absolute Gasteiger partial charge is 0.344 e. The number of benzene rings is 1. The molecule has 0 spiro atoms. The van der Waals surface area contributed by atoms with Gasteiger partial charge in [-0.1, -0.05) is 23.2 Å². The van der Waals surface area contributed by atoms with Crippen molar-refractivity contribution in [2.24, 2.45) is 0 Å². The van der Waals surface area contributed by atoms with E-state index in [4.69, 9.17) is 37.4 Å². The highest BCUT2D eigenvalue weighted by Crippen LogP contribution is 2.27. The van der Waals surface area contributed by atoms with Crippen LogP contribution in [-0.4, -0.2) is 56.4 Å². The van der Waals surface area contributed by atoms with Crippen molar-refractivity contribution < 1.29 is 19.0 Å². The van der Waals surface area contributed by atoms with Gasteiger partial charge in [0.15, 0.2) is 6.61 Å². The Hall–Kier alpha value is -1.01. The molecule has 1 aliphatic heterocycles. The van der Waals surface area contributed by atoms with Crippen molar-refractivity contribution in [1.82, 2.24) is 4.90 Å². The lowest BCUT2D eigenvalue weighted by Crippen LogP contribution is -2.41. The fourth-order valence-electron chi connectivity index (χ4n) is 2.17. The Morgan fingerprint density at radius 1 is 1.36 bits per heavy atom. The first-order valence-electron chi connectivity index (χ1n) is 7.12. The van der Waals surface area contributed by atoms with E-state index in [-0.39, 0.29) is 12.7 Å². The number of hydrogen-bond acceptors (Lipinski definition) is 5. The van der Waals surface area contributed by atoms with E-state index in [1.54, 1.807) is 18.2 Å². The van der Waals surface area contributed by atoms with Gasteiger partial charge in [-0.05, 0) is 25.1 Å². The Morgan fingerprint density at radius 3 is 2.77 bits per heavy atom. The Bertz CT molecular complexity index is 506. The Kier molecular flexibility index (Phi) is 6.76. The first kappa shape index (κ1) is 17.3. The van der Waals surface area contributed by atoms with Gasteiger partial charge in [-0.3, -0.25) is 4.90 Å². The fraction of sp³-hybridized carbons (Fsp3) is 0.533. The molecule has 1 aromatic rings. The van der Waals surface area contributed by atoms with Gasteiger partial charge in [0.05, 0.1) is 18.2 Å². The average Bonchev–Trinajstić information content (AvgIpc) is 2.47. The van der Waals surface area contributed by atoms with Gasteiger partial charge in [0.1, 0.15) is 11.9 Å². The van der Waals surface area contributed by atoms with Gasteiger partial charge >= 0.3 is 5.97 Å². The van der Waals surface area contributed by atoms with Crippen LogP contribution in [0.5, 0.6) is 5.75 Å². The van der Waals surface area contributed by atoms with E-state index < -0.39 is 5.97 Å². The summed E-state index contributed by atoms with van der Waals surface area (Å²) >= 11 is 11.8. The van der Waals surface area contributed by atoms with Crippen LogP contribution >= 0.6 is 23.2 Å². The molecule has 2 rings (SSSR count). The van der Waals surface area contributed by atoms with E-state index in [0.717, 1.165) is 26.3 Å². The summed E-state index contributed by atoms with van der Waals surface area (Å²) in [5, 5.41) is 0.876. The molecule has 1 atom stereocenters. The minimum Gasteiger partial charge on any atom is -0.480 e. The van der Waals surface area contributed by atoms with Gasteiger partial charge < -0.3 is 14.2 Å². The van der Waals surface area contributed by atoms with Crippen molar-refractivity contribution in [1.29, 1.82) is 0 Å². The van der Waals surface area contributed by atoms with Crippen LogP contribution in [0.1, 0.15) is 6.92 Å². The quantitative estimate of drug-likeness (QED) is 0.740. The summed E-state index contributed by atoms with van der Waals surface area (Å²) in [5.74, 6) is -0.0179. The summed E-state index contributed by atoms with van der Waals surface area (Å²) in [6.07, 6.45) is -0.199. The van der Waals surface area contributed by atoms with Crippen LogP contribution in [-0.2, 0) is 14.3 Å². The lowest BCUT2D eigenvalue weighted by atomic mass is 10.3. The van der Waals surface area contributed by atoms with Gasteiger partial charge in [-0.25, -0.2) is 4.79 Å². The van der Waals surface area contributed by atoms with E-state index in [1.807, 2.05) is 6.92 Å². The Balaban J connectivity index is 1.72. The first-order chi connectivity index (χ1) is 10.5. The maximum Gasteiger partial charge on any atom is 0.344 e. The molecule has 1 heterocycles. The molecule has 1 aliphatic rings. The first-order valence-corrected chi connectivity index (χ1v) is 7.87. The SMILES string of the molecule is C[C@H](CN1CCOCC1)OC(=O)COc1ccc(Cl)cc1Cl. The van der Waals surface area contributed by atoms with Crippen LogP contribution < -0.4 is 4.74 Å². The average molecular weight is 348 g/mol. The number of ether oxygens (including phenoxy) is 3. The molecule has 0 bridgehead atoms. The van der Waals surface area contributed by atoms with E-state index in [2.05, 4.69) is 4.90 Å². The molecule has 0 amide bonds. The summed E-state index contributed by atoms with van der Waals surface area (Å²) in [5.41, 5.74) is 0. The Labute approximate surface area is 140 Å². The van der Waals surface area contributed by atoms with E-state index in [1.165, 1.54) is 0 Å². The highest BCUT2D eigenvalue weighted by atomic mass is 35.5. The summed E-state index contributed by atoms with van der Waals surface area (Å²) in [4.78, 5) is 14.0. The monoisotopic (exact) mass is 347 g/mol. The number of rotatable bonds is 6. The van der Waals surface area contributed by atoms with Gasteiger partial charge in [-0.15, -0.1) is 0 Å². The zero-order chi connectivity index (χ0) is 15.9. The van der Waals surface area contributed by atoms with Crippen LogP contribution in [0.15, 0.2) is 18.2 Å². The van der Waals surface area contributed by atoms with Crippen molar-refractivity contribution in [2.45, 2.75) is 13.0 Å². The summed E-state index contributed by atoms with van der Waals surface area (Å²) in [7, 11) is 0. The molecular formula is C15H19Cl2NO4. The third-order valence-corrected chi connectivity index (χ3v) is 3.72. The maximum atomic E-state index is 11.8. The minimum atomic E-state index is -0.424. The lowest BCUT2D eigenvalue weighted by molar-refractivity contribution is -0.151. The molecule has 0 unspecified atom stereocenters. The molecule has 22 heavy (non-hydrogen) atoms. The van der Waals surface area contributed by atoms with E-state index in [0.29, 0.717) is 22.3 Å². The largest absolute Gasteiger partial charge is 0.480 e. The van der Waals surface area contributed by atoms with Crippen LogP contribution in [0.25, 0.3) is 0 Å². The molecule has 122 valence electrons. The number of esters is 1. The molecule has 0 aliphatic carbocycles. The zero-order valence-electron chi connectivity index (χ0n) is 12.4. The number of morpholine rings is 1. The Morgan fingerprint density at radius 2 is 2.09 bits per heavy atom. The highest BCUT2D eigenvalue weighted by molar-refractivity contribution is 6.35. The zero-order valence-corrected chi connectivity index (χ0v) is 13.9. The molecule has 1 aromatic carbocycles. The number of carbonyl (C=O) groups is 1. The molecule has 0 radical (unpaired) electrons. The molecule has 1 saturated heterocycles. The standard InChI is InChI=1S/C15H19Cl2NO4/c1-11(9-18-4-6-20-7-5-18)22-15(19)10-21-14-3-2-12(16)8-13(14)17/h2-3,8,11H,4-7,9-10H2,1H3/t11-/m1/s1. The van der Waals surface area contributed by atoms with Crippen molar-refractivity contribution in [3.63, 3.8) is 0 Å². The van der Waals surface area contributed by atoms with Gasteiger partial charge in [0.25, 0.3) is 0 Å². The van der Waals surface area contributed by atoms with E-state index in [9.17, 15) is 4.79 Å². The number of halogens is 2. The number of hydrogen-bond donors (Lipinski definition) is 0. The second kappa shape index (κ2) is 8.58. The van der Waals surface area contributed by atoms with Crippen molar-refractivity contribution in [3.8, 4) is 5.75 Å². The second-order valence-corrected chi connectivity index (χ2v) is 5.92. The molecule has 5 nitrogen and oxygen atoms in total. The highest BCUT2D eigenvalue weighted by Gasteiger charge is 2.17. The number of carbonyl (C=O) groups excluding carboxylic acids is 1. The molecule has 0 saturated carbocycles.